The average Bonchev–Trinajstić information content (AvgIpc) is 2.11. The Morgan fingerprint density at radius 2 is 0.427 bits per heavy atom. The second-order valence-corrected chi connectivity index (χ2v) is 29.4. The SMILES string of the molecule is CC(C)(C)OC(=O)CN1CCN(CC(=O)OC(C)(C)C)CCN(CC(=O)N2CCN(C(=O)CN3CCN(CC(=O)OC(C)(C)C)CCN(CC(=O)OC(C)(C)C)CCN(CC(=O)OC(C)(C)C)CC3)CC(C(=O)[O-])C2)CCN(CC(=O)OC(C)(C)C)CC1.[Li+]. The molecule has 0 N–H and O–H groups in total. The number of hydrogen-bond acceptors (Lipinski definition) is 24. The van der Waals surface area contributed by atoms with Crippen LogP contribution >= 0.6 is 0 Å². The van der Waals surface area contributed by atoms with Crippen molar-refractivity contribution in [3.63, 3.8) is 0 Å². The number of hydrogen-bond donors (Lipinski definition) is 0. The van der Waals surface area contributed by atoms with Crippen LogP contribution in [0.4, 0.5) is 0 Å². The van der Waals surface area contributed by atoms with E-state index in [-0.39, 0.29) is 124 Å². The number of aliphatic carboxylic acids is 1. The van der Waals surface area contributed by atoms with E-state index < -0.39 is 93.1 Å². The predicted molar refractivity (Wildman–Crippen MR) is 328 cm³/mol. The largest absolute Gasteiger partial charge is 1.00 e. The Morgan fingerprint density at radius 3 is 0.562 bits per heavy atom. The van der Waals surface area contributed by atoms with Crippen LogP contribution in [0.5, 0.6) is 0 Å². The Bertz CT molecular complexity index is 2070. The van der Waals surface area contributed by atoms with Gasteiger partial charge in [0.2, 0.25) is 11.8 Å². The first-order valence-corrected chi connectivity index (χ1v) is 31.2. The minimum absolute atomic E-state index is 0. The molecule has 0 bridgehead atoms. The summed E-state index contributed by atoms with van der Waals surface area (Å²) in [4.78, 5) is 140. The van der Waals surface area contributed by atoms with Crippen molar-refractivity contribution >= 4 is 53.6 Å². The molecule has 0 spiro atoms. The summed E-state index contributed by atoms with van der Waals surface area (Å²) in [5.74, 6) is -6.10. The molecule has 27 heteroatoms. The van der Waals surface area contributed by atoms with Gasteiger partial charge in [0.15, 0.2) is 0 Å². The van der Waals surface area contributed by atoms with Crippen LogP contribution in [0.3, 0.4) is 0 Å². The molecule has 3 aliphatic heterocycles. The number of nitrogens with zero attached hydrogens (tertiary/aromatic N) is 10. The molecule has 0 aromatic carbocycles. The van der Waals surface area contributed by atoms with Crippen LogP contribution in [0.15, 0.2) is 0 Å². The molecule has 0 unspecified atom stereocenters. The van der Waals surface area contributed by atoms with E-state index in [1.165, 1.54) is 9.80 Å². The number of esters is 6. The minimum atomic E-state index is -1.43. The van der Waals surface area contributed by atoms with Crippen molar-refractivity contribution in [1.82, 2.24) is 49.0 Å². The van der Waals surface area contributed by atoms with Crippen LogP contribution in [-0.4, -0.2) is 319 Å². The molecule has 3 heterocycles. The molecule has 3 aliphatic rings. The standard InChI is InChI=1S/C62H112N10O16.Li/c1-57(2,3)83-50(75)41-65-23-19-63(20-24-66(42-51(76)84-58(4,5)6)28-32-69(31-27-65)45-54(79)87-61(13,14)15)39-48(73)71-35-36-72(38-47(37-71)56(81)82)49(74)40-64-21-25-67(43-52(77)85-59(7,8)9)29-33-70(46-55(80)88-62(16,17)18)34-30-68(26-22-64)44-53(78)86-60(10,11)12;/h47H,19-46H2,1-18H3,(H,81,82);/q;+1/p-1. The van der Waals surface area contributed by atoms with Crippen LogP contribution in [0, 0.1) is 5.92 Å². The summed E-state index contributed by atoms with van der Waals surface area (Å²) in [6, 6.07) is 0. The summed E-state index contributed by atoms with van der Waals surface area (Å²) < 4.78 is 34.2. The topological polar surface area (TPSA) is 264 Å². The van der Waals surface area contributed by atoms with Crippen molar-refractivity contribution in [2.75, 3.05) is 183 Å². The number of carboxylic acids is 1. The number of amides is 2. The predicted octanol–water partition coefficient (Wildman–Crippen LogP) is -2.48. The van der Waals surface area contributed by atoms with Gasteiger partial charge in [-0.2, -0.15) is 0 Å². The Morgan fingerprint density at radius 1 is 0.281 bits per heavy atom. The van der Waals surface area contributed by atoms with Gasteiger partial charge in [0.25, 0.3) is 0 Å². The summed E-state index contributed by atoms with van der Waals surface area (Å²) in [6.07, 6.45) is 0. The van der Waals surface area contributed by atoms with Crippen molar-refractivity contribution in [2.24, 2.45) is 5.92 Å². The van der Waals surface area contributed by atoms with E-state index in [1.54, 1.807) is 125 Å². The van der Waals surface area contributed by atoms with Gasteiger partial charge in [-0.05, 0) is 125 Å². The maximum absolute atomic E-state index is 14.6. The molecule has 0 atom stereocenters. The van der Waals surface area contributed by atoms with Gasteiger partial charge in [-0.15, -0.1) is 0 Å². The minimum Gasteiger partial charge on any atom is -0.550 e. The summed E-state index contributed by atoms with van der Waals surface area (Å²) in [7, 11) is 0. The Hall–Kier alpha value is -4.49. The Kier molecular flexibility index (Phi) is 32.7. The monoisotopic (exact) mass is 1260 g/mol. The summed E-state index contributed by atoms with van der Waals surface area (Å²) in [5.41, 5.74) is -4.44. The smallest absolute Gasteiger partial charge is 0.550 e. The van der Waals surface area contributed by atoms with E-state index in [2.05, 4.69) is 0 Å². The molecule has 506 valence electrons. The van der Waals surface area contributed by atoms with Gasteiger partial charge >= 0.3 is 54.7 Å². The average molecular weight is 1260 g/mol. The van der Waals surface area contributed by atoms with Gasteiger partial charge in [0.1, 0.15) is 33.6 Å². The maximum atomic E-state index is 14.6. The number of carbonyl (C=O) groups is 9. The zero-order valence-corrected chi connectivity index (χ0v) is 57.9. The molecular weight excluding hydrogens is 1150 g/mol. The molecule has 89 heavy (non-hydrogen) atoms. The van der Waals surface area contributed by atoms with E-state index in [0.29, 0.717) is 78.5 Å². The molecule has 0 aromatic heterocycles. The van der Waals surface area contributed by atoms with E-state index in [4.69, 9.17) is 28.4 Å². The van der Waals surface area contributed by atoms with E-state index in [0.717, 1.165) is 0 Å². The van der Waals surface area contributed by atoms with Gasteiger partial charge in [0, 0.05) is 143 Å². The first kappa shape index (κ1) is 80.6. The van der Waals surface area contributed by atoms with Gasteiger partial charge in [0.05, 0.1) is 52.4 Å². The van der Waals surface area contributed by atoms with Crippen molar-refractivity contribution < 1.29 is 95.5 Å². The van der Waals surface area contributed by atoms with Crippen molar-refractivity contribution in [1.29, 1.82) is 0 Å². The molecule has 26 nitrogen and oxygen atoms in total. The fourth-order valence-electron chi connectivity index (χ4n) is 9.96. The third kappa shape index (κ3) is 37.0. The van der Waals surface area contributed by atoms with Gasteiger partial charge < -0.3 is 48.1 Å². The maximum Gasteiger partial charge on any atom is 1.00 e. The second-order valence-electron chi connectivity index (χ2n) is 29.4. The first-order chi connectivity index (χ1) is 40.4. The van der Waals surface area contributed by atoms with Crippen LogP contribution in [-0.2, 0) is 71.6 Å². The normalized spacial score (nSPS) is 19.2. The number of carboxylic acid groups (broad SMARTS) is 1. The molecular formula is C62H111LiN10O16. The summed E-state index contributed by atoms with van der Waals surface area (Å²) in [6.45, 7) is 36.0. The Balaban J connectivity index is 0.0000270. The van der Waals surface area contributed by atoms with Crippen LogP contribution in [0.25, 0.3) is 0 Å². The molecule has 3 rings (SSSR count). The van der Waals surface area contributed by atoms with Gasteiger partial charge in [-0.1, -0.05) is 0 Å². The third-order valence-corrected chi connectivity index (χ3v) is 13.8. The van der Waals surface area contributed by atoms with Crippen molar-refractivity contribution in [2.45, 2.75) is 158 Å². The van der Waals surface area contributed by atoms with Crippen molar-refractivity contribution in [3.05, 3.63) is 0 Å². The second kappa shape index (κ2) is 36.1. The molecule has 3 saturated heterocycles. The zero-order valence-electron chi connectivity index (χ0n) is 57.9. The Labute approximate surface area is 543 Å². The van der Waals surface area contributed by atoms with Crippen LogP contribution in [0.2, 0.25) is 0 Å². The fourth-order valence-corrected chi connectivity index (χ4v) is 9.96. The van der Waals surface area contributed by atoms with E-state index in [1.807, 2.05) is 39.2 Å². The molecule has 0 aromatic rings. The first-order valence-electron chi connectivity index (χ1n) is 31.2. The zero-order chi connectivity index (χ0) is 66.6. The number of carbonyl (C=O) groups excluding carboxylic acids is 9. The summed E-state index contributed by atoms with van der Waals surface area (Å²) in [5, 5.41) is 12.9. The molecule has 0 aliphatic carbocycles. The summed E-state index contributed by atoms with van der Waals surface area (Å²) >= 11 is 0. The van der Waals surface area contributed by atoms with Crippen molar-refractivity contribution in [3.8, 4) is 0 Å². The quantitative estimate of drug-likeness (QED) is 0.0829. The number of rotatable bonds is 17. The van der Waals surface area contributed by atoms with E-state index in [9.17, 15) is 48.3 Å². The van der Waals surface area contributed by atoms with Gasteiger partial charge in [-0.3, -0.25) is 77.6 Å². The molecule has 0 radical (unpaired) electrons. The fraction of sp³-hybridized carbons (Fsp3) is 0.855. The third-order valence-electron chi connectivity index (χ3n) is 13.8. The van der Waals surface area contributed by atoms with Gasteiger partial charge in [-0.25, -0.2) is 0 Å². The number of ether oxygens (including phenoxy) is 6. The van der Waals surface area contributed by atoms with E-state index >= 15 is 0 Å². The molecule has 2 amide bonds. The molecule has 0 saturated carbocycles. The molecule has 3 fully saturated rings. The van der Waals surface area contributed by atoms with Crippen LogP contribution < -0.4 is 24.0 Å². The van der Waals surface area contributed by atoms with Crippen LogP contribution in [0.1, 0.15) is 125 Å².